The summed E-state index contributed by atoms with van der Waals surface area (Å²) in [5.41, 5.74) is 0.648. The molecule has 0 spiro atoms. The number of nitrogens with zero attached hydrogens (tertiary/aromatic N) is 1. The minimum atomic E-state index is -4.73. The van der Waals surface area contributed by atoms with Gasteiger partial charge in [-0.2, -0.15) is 0 Å². The van der Waals surface area contributed by atoms with E-state index in [-0.39, 0.29) is 6.04 Å². The van der Waals surface area contributed by atoms with Crippen LogP contribution in [0.1, 0.15) is 5.56 Å². The summed E-state index contributed by atoms with van der Waals surface area (Å²) in [6, 6.07) is 8.62. The first-order valence-corrected chi connectivity index (χ1v) is 15.6. The minimum Gasteiger partial charge on any atom is -0.294 e. The second-order valence-corrected chi connectivity index (χ2v) is 18.8. The highest BCUT2D eigenvalue weighted by atomic mass is 28.4. The first-order chi connectivity index (χ1) is 8.92. The van der Waals surface area contributed by atoms with E-state index in [0.29, 0.717) is 5.56 Å². The number of halogens is 2. The van der Waals surface area contributed by atoms with Crippen molar-refractivity contribution in [3.8, 4) is 0 Å². The highest BCUT2D eigenvalue weighted by molar-refractivity contribution is 6.89. The number of benzene rings is 1. The fourth-order valence-electron chi connectivity index (χ4n) is 2.28. The van der Waals surface area contributed by atoms with E-state index in [0.717, 1.165) is 0 Å². The van der Waals surface area contributed by atoms with E-state index >= 15 is 0 Å². The lowest BCUT2D eigenvalue weighted by atomic mass is 10.2. The largest absolute Gasteiger partial charge is 0.597 e. The van der Waals surface area contributed by atoms with Gasteiger partial charge >= 0.3 is 8.99 Å². The van der Waals surface area contributed by atoms with E-state index in [1.807, 2.05) is 6.07 Å². The normalized spacial score (nSPS) is 13.8. The van der Waals surface area contributed by atoms with Crippen LogP contribution >= 0.6 is 0 Å². The molecule has 0 aliphatic carbocycles. The lowest BCUT2D eigenvalue weighted by molar-refractivity contribution is 0.0484. The Morgan fingerprint density at radius 1 is 0.900 bits per heavy atom. The minimum absolute atomic E-state index is 0.251. The Balaban J connectivity index is 2.87. The smallest absolute Gasteiger partial charge is 0.294 e. The van der Waals surface area contributed by atoms with Crippen LogP contribution in [-0.2, 0) is 10.6 Å². The predicted octanol–water partition coefficient (Wildman–Crippen LogP) is 4.55. The quantitative estimate of drug-likeness (QED) is 0.430. The van der Waals surface area contributed by atoms with Crippen molar-refractivity contribution in [1.82, 2.24) is 4.39 Å². The molecular weight excluding hydrogens is 308 g/mol. The van der Waals surface area contributed by atoms with Gasteiger partial charge in [-0.3, -0.25) is 4.53 Å². The summed E-state index contributed by atoms with van der Waals surface area (Å²) >= 11 is 0. The Bertz CT molecular complexity index is 415. The zero-order valence-electron chi connectivity index (χ0n) is 13.2. The molecule has 0 saturated carbocycles. The highest BCUT2D eigenvalue weighted by Gasteiger charge is 2.47. The molecule has 0 aliphatic heterocycles. The first-order valence-electron chi connectivity index (χ1n) is 6.83. The molecular formula is C13H25F2NOSi3. The van der Waals surface area contributed by atoms with Crippen LogP contribution in [0.3, 0.4) is 0 Å². The maximum Gasteiger partial charge on any atom is 0.597 e. The van der Waals surface area contributed by atoms with Crippen LogP contribution in [0.4, 0.5) is 8.22 Å². The second-order valence-electron chi connectivity index (χ2n) is 7.03. The lowest BCUT2D eigenvalue weighted by Gasteiger charge is -2.43. The van der Waals surface area contributed by atoms with Crippen LogP contribution in [0.25, 0.3) is 0 Å². The predicted molar refractivity (Wildman–Crippen MR) is 87.7 cm³/mol. The molecule has 0 amide bonds. The molecule has 1 rings (SSSR count). The number of hydrogen-bond acceptors (Lipinski definition) is 2. The van der Waals surface area contributed by atoms with Gasteiger partial charge in [0.2, 0.25) is 0 Å². The van der Waals surface area contributed by atoms with Gasteiger partial charge in [-0.15, -0.1) is 0 Å². The fourth-order valence-corrected chi connectivity index (χ4v) is 14.4. The van der Waals surface area contributed by atoms with Crippen molar-refractivity contribution < 1.29 is 12.7 Å². The molecule has 0 saturated heterocycles. The van der Waals surface area contributed by atoms with Crippen LogP contribution in [0, 0.1) is 0 Å². The van der Waals surface area contributed by atoms with Gasteiger partial charge < -0.3 is 0 Å². The molecule has 1 aromatic rings. The maximum absolute atomic E-state index is 14.3. The van der Waals surface area contributed by atoms with Crippen molar-refractivity contribution in [2.24, 2.45) is 0 Å². The van der Waals surface area contributed by atoms with Crippen LogP contribution in [0.2, 0.25) is 39.3 Å². The Labute approximate surface area is 124 Å². The Kier molecular flexibility index (Phi) is 5.47. The lowest BCUT2D eigenvalue weighted by Crippen LogP contribution is -2.62. The van der Waals surface area contributed by atoms with Gasteiger partial charge in [-0.1, -0.05) is 69.6 Å². The van der Waals surface area contributed by atoms with Gasteiger partial charge in [-0.05, 0) is 5.56 Å². The summed E-state index contributed by atoms with van der Waals surface area (Å²) < 4.78 is 35.7. The third kappa shape index (κ3) is 5.57. The average molecular weight is 334 g/mol. The maximum atomic E-state index is 14.3. The van der Waals surface area contributed by atoms with E-state index in [9.17, 15) is 8.22 Å². The van der Waals surface area contributed by atoms with Crippen molar-refractivity contribution in [2.75, 3.05) is 0 Å². The van der Waals surface area contributed by atoms with Crippen molar-refractivity contribution in [2.45, 2.75) is 45.3 Å². The molecule has 0 radical (unpaired) electrons. The molecule has 2 nitrogen and oxygen atoms in total. The molecule has 7 heteroatoms. The first kappa shape index (κ1) is 17.7. The van der Waals surface area contributed by atoms with Crippen LogP contribution in [0.5, 0.6) is 0 Å². The van der Waals surface area contributed by atoms with E-state index in [1.165, 1.54) is 0 Å². The van der Waals surface area contributed by atoms with Crippen molar-refractivity contribution in [1.29, 1.82) is 0 Å². The Morgan fingerprint density at radius 2 is 1.35 bits per heavy atom. The summed E-state index contributed by atoms with van der Waals surface area (Å²) in [5.74, 6) is 0. The van der Waals surface area contributed by atoms with Gasteiger partial charge in [0.05, 0.1) is 6.04 Å². The Hall–Kier alpha value is -0.349. The van der Waals surface area contributed by atoms with Gasteiger partial charge in [0.1, 0.15) is 16.5 Å². The van der Waals surface area contributed by atoms with Crippen molar-refractivity contribution in [3.05, 3.63) is 35.9 Å². The van der Waals surface area contributed by atoms with E-state index in [2.05, 4.69) is 39.3 Å². The highest BCUT2D eigenvalue weighted by Crippen LogP contribution is 2.26. The number of rotatable bonds is 6. The summed E-state index contributed by atoms with van der Waals surface area (Å²) in [4.78, 5) is 0. The molecule has 0 atom stereocenters. The molecule has 20 heavy (non-hydrogen) atoms. The zero-order valence-corrected chi connectivity index (χ0v) is 16.2. The monoisotopic (exact) mass is 333 g/mol. The summed E-state index contributed by atoms with van der Waals surface area (Å²) in [7, 11) is -8.57. The topological polar surface area (TPSA) is 12.5 Å². The van der Waals surface area contributed by atoms with Gasteiger partial charge in [0.25, 0.3) is 0 Å². The van der Waals surface area contributed by atoms with E-state index < -0.39 is 25.5 Å². The van der Waals surface area contributed by atoms with Crippen LogP contribution < -0.4 is 0 Å². The average Bonchev–Trinajstić information content (AvgIpc) is 2.24. The third-order valence-electron chi connectivity index (χ3n) is 2.70. The summed E-state index contributed by atoms with van der Waals surface area (Å²) in [5, 5.41) is 0. The van der Waals surface area contributed by atoms with E-state index in [1.54, 1.807) is 28.7 Å². The van der Waals surface area contributed by atoms with Crippen molar-refractivity contribution >= 4 is 25.5 Å². The molecule has 0 bridgehead atoms. The summed E-state index contributed by atoms with van der Waals surface area (Å²) in [6.45, 7) is 12.3. The summed E-state index contributed by atoms with van der Waals surface area (Å²) in [6.07, 6.45) is 0. The van der Waals surface area contributed by atoms with Crippen molar-refractivity contribution in [3.63, 3.8) is 0 Å². The molecule has 114 valence electrons. The van der Waals surface area contributed by atoms with Gasteiger partial charge in [-0.25, -0.2) is 12.6 Å². The fraction of sp³-hybridized carbons (Fsp3) is 0.538. The molecule has 0 fully saturated rings. The molecule has 1 aromatic carbocycles. The zero-order chi connectivity index (χ0) is 15.6. The standard InChI is InChI=1S/C13H25F2NOSi3/c1-18(2,3)16(19(4,5)6)17-20(14,15)12-13-10-8-7-9-11-13/h7-11H,12H2,1-6H3. The molecule has 0 N–H and O–H groups in total. The second kappa shape index (κ2) is 6.18. The molecule has 0 aliphatic rings. The van der Waals surface area contributed by atoms with Gasteiger partial charge in [0.15, 0.2) is 0 Å². The molecule has 0 heterocycles. The SMILES string of the molecule is C[Si](C)(C)N(O[Si](F)(F)Cc1ccccc1)[Si](C)(C)C. The Morgan fingerprint density at radius 3 is 1.75 bits per heavy atom. The third-order valence-corrected chi connectivity index (χ3v) is 11.0. The number of hydrogen-bond donors (Lipinski definition) is 0. The van der Waals surface area contributed by atoms with Crippen LogP contribution in [-0.4, -0.2) is 29.9 Å². The van der Waals surface area contributed by atoms with Crippen LogP contribution in [0.15, 0.2) is 30.3 Å². The van der Waals surface area contributed by atoms with Gasteiger partial charge in [0, 0.05) is 0 Å². The molecule has 0 aromatic heterocycles. The molecule has 0 unspecified atom stereocenters. The van der Waals surface area contributed by atoms with E-state index in [4.69, 9.17) is 4.53 Å².